The first-order chi connectivity index (χ1) is 10.5. The minimum Gasteiger partial charge on any atom is -0.320 e. The number of likely N-dealkylation sites (tertiary alicyclic amines) is 1. The maximum Gasteiger partial charge on any atom is 0.0496 e. The lowest BCUT2D eigenvalue weighted by Gasteiger charge is -2.44. The van der Waals surface area contributed by atoms with Crippen LogP contribution in [0.2, 0.25) is 0 Å². The highest BCUT2D eigenvalue weighted by Gasteiger charge is 2.42. The molecule has 1 aliphatic heterocycles. The van der Waals surface area contributed by atoms with Gasteiger partial charge in [-0.15, -0.1) is 0 Å². The summed E-state index contributed by atoms with van der Waals surface area (Å²) in [5.41, 5.74) is 6.40. The monoisotopic (exact) mass is 360 g/mol. The highest BCUT2D eigenvalue weighted by atomic mass is 79.9. The number of fused-ring (bicyclic) bond motifs is 3. The minimum atomic E-state index is 0.365. The van der Waals surface area contributed by atoms with Gasteiger partial charge in [0.2, 0.25) is 0 Å². The van der Waals surface area contributed by atoms with E-state index in [1.54, 1.807) is 11.3 Å². The van der Waals surface area contributed by atoms with Crippen molar-refractivity contribution in [3.63, 3.8) is 0 Å². The van der Waals surface area contributed by atoms with Gasteiger partial charge in [-0.2, -0.15) is 0 Å². The molecular weight excluding hydrogens is 336 g/mol. The number of rotatable bonds is 1. The quantitative estimate of drug-likeness (QED) is 0.684. The first-order valence-electron chi connectivity index (χ1n) is 8.52. The molecule has 0 aromatic carbocycles. The molecule has 22 heavy (non-hydrogen) atoms. The molecule has 2 nitrogen and oxygen atoms in total. The van der Waals surface area contributed by atoms with Gasteiger partial charge in [0.05, 0.1) is 0 Å². The fraction of sp³-hybridized carbons (Fsp3) is 0.579. The molecule has 0 amide bonds. The molecule has 1 saturated heterocycles. The van der Waals surface area contributed by atoms with Crippen molar-refractivity contribution >= 4 is 21.4 Å². The van der Waals surface area contributed by atoms with Gasteiger partial charge < -0.3 is 4.40 Å². The Morgan fingerprint density at radius 3 is 2.68 bits per heavy atom. The number of hydrogen-bond donors (Lipinski definition) is 0. The summed E-state index contributed by atoms with van der Waals surface area (Å²) in [6.07, 6.45) is 7.44. The van der Waals surface area contributed by atoms with E-state index in [1.165, 1.54) is 54.3 Å². The molecule has 3 heterocycles. The van der Waals surface area contributed by atoms with Crippen molar-refractivity contribution in [2.45, 2.75) is 52.5 Å². The largest absolute Gasteiger partial charge is 0.320 e. The summed E-state index contributed by atoms with van der Waals surface area (Å²) in [5, 5.41) is 0. The van der Waals surface area contributed by atoms with Crippen LogP contribution in [0.4, 0.5) is 0 Å². The molecule has 2 aliphatic rings. The number of halogens is 1. The molecule has 1 atom stereocenters. The molecule has 2 aromatic rings. The molecule has 4 rings (SSSR count). The van der Waals surface area contributed by atoms with Gasteiger partial charge in [-0.25, -0.2) is 0 Å². The zero-order chi connectivity index (χ0) is 15.5. The number of aromatic nitrogens is 1. The summed E-state index contributed by atoms with van der Waals surface area (Å²) >= 11 is 3.64. The number of hydrogen-bond acceptors (Lipinski definition) is 1. The normalized spacial score (nSPS) is 24.8. The van der Waals surface area contributed by atoms with Gasteiger partial charge >= 0.3 is 0 Å². The van der Waals surface area contributed by atoms with Crippen LogP contribution in [-0.4, -0.2) is 22.4 Å². The average molecular weight is 361 g/mol. The molecule has 0 spiro atoms. The van der Waals surface area contributed by atoms with Crippen LogP contribution in [0.3, 0.4) is 0 Å². The third kappa shape index (κ3) is 2.09. The lowest BCUT2D eigenvalue weighted by atomic mass is 9.70. The van der Waals surface area contributed by atoms with Gasteiger partial charge in [0, 0.05) is 27.9 Å². The molecule has 0 saturated carbocycles. The first kappa shape index (κ1) is 14.8. The summed E-state index contributed by atoms with van der Waals surface area (Å²) in [4.78, 5) is 2.75. The van der Waals surface area contributed by atoms with Crippen LogP contribution in [0.1, 0.15) is 56.0 Å². The predicted octanol–water partition coefficient (Wildman–Crippen LogP) is 5.12. The number of aryl methyl sites for hydroxylation is 2. The fourth-order valence-electron chi connectivity index (χ4n) is 4.75. The standard InChI is InChI=1S/C19H25BrN2/c1-13-16-12-14(20)7-11-22(16)15-6-8-19(2,3)18(17(13)15)21-9-4-5-10-21/h7,11-12,18H,4-6,8-10H2,1-3H3. The van der Waals surface area contributed by atoms with Gasteiger partial charge in [0.25, 0.3) is 0 Å². The molecule has 0 radical (unpaired) electrons. The molecule has 2 aromatic heterocycles. The van der Waals surface area contributed by atoms with E-state index in [9.17, 15) is 0 Å². The van der Waals surface area contributed by atoms with Crippen molar-refractivity contribution in [3.8, 4) is 0 Å². The van der Waals surface area contributed by atoms with E-state index in [0.29, 0.717) is 11.5 Å². The van der Waals surface area contributed by atoms with Crippen molar-refractivity contribution in [2.75, 3.05) is 13.1 Å². The lowest BCUT2D eigenvalue weighted by molar-refractivity contribution is 0.0903. The van der Waals surface area contributed by atoms with E-state index in [0.717, 1.165) is 0 Å². The third-order valence-corrected chi connectivity index (χ3v) is 6.33. The van der Waals surface area contributed by atoms with Crippen LogP contribution < -0.4 is 0 Å². The van der Waals surface area contributed by atoms with E-state index >= 15 is 0 Å². The van der Waals surface area contributed by atoms with E-state index < -0.39 is 0 Å². The Labute approximate surface area is 141 Å². The minimum absolute atomic E-state index is 0.365. The predicted molar refractivity (Wildman–Crippen MR) is 95.5 cm³/mol. The fourth-order valence-corrected chi connectivity index (χ4v) is 5.08. The maximum atomic E-state index is 3.64. The topological polar surface area (TPSA) is 7.65 Å². The van der Waals surface area contributed by atoms with Crippen LogP contribution in [0.25, 0.3) is 5.52 Å². The maximum absolute atomic E-state index is 3.64. The number of pyridine rings is 1. The smallest absolute Gasteiger partial charge is 0.0496 e. The second-order valence-corrected chi connectivity index (χ2v) is 8.64. The van der Waals surface area contributed by atoms with Gasteiger partial charge in [-0.1, -0.05) is 29.8 Å². The van der Waals surface area contributed by atoms with Gasteiger partial charge in [0.15, 0.2) is 0 Å². The van der Waals surface area contributed by atoms with Crippen molar-refractivity contribution in [1.29, 1.82) is 0 Å². The Bertz CT molecular complexity index is 723. The molecule has 0 bridgehead atoms. The summed E-state index contributed by atoms with van der Waals surface area (Å²) in [6.45, 7) is 9.80. The van der Waals surface area contributed by atoms with E-state index in [-0.39, 0.29) is 0 Å². The lowest BCUT2D eigenvalue weighted by Crippen LogP contribution is -2.40. The summed E-state index contributed by atoms with van der Waals surface area (Å²) in [5.74, 6) is 0. The zero-order valence-electron chi connectivity index (χ0n) is 13.8. The van der Waals surface area contributed by atoms with Gasteiger partial charge in [0.1, 0.15) is 0 Å². The SMILES string of the molecule is Cc1c2c(n3ccc(Br)cc13)CCC(C)(C)C2N1CCCC1. The van der Waals surface area contributed by atoms with E-state index in [4.69, 9.17) is 0 Å². The van der Waals surface area contributed by atoms with Crippen molar-refractivity contribution in [2.24, 2.45) is 5.41 Å². The zero-order valence-corrected chi connectivity index (χ0v) is 15.4. The molecule has 118 valence electrons. The molecule has 3 heteroatoms. The second kappa shape index (κ2) is 5.10. The highest BCUT2D eigenvalue weighted by molar-refractivity contribution is 9.10. The van der Waals surface area contributed by atoms with Crippen LogP contribution in [-0.2, 0) is 6.42 Å². The first-order valence-corrected chi connectivity index (χ1v) is 9.31. The Balaban J connectivity index is 1.95. The number of nitrogens with zero attached hydrogens (tertiary/aromatic N) is 2. The Morgan fingerprint density at radius 1 is 1.23 bits per heavy atom. The summed E-state index contributed by atoms with van der Waals surface area (Å²) in [7, 11) is 0. The van der Waals surface area contributed by atoms with Gasteiger partial charge in [-0.3, -0.25) is 4.90 Å². The van der Waals surface area contributed by atoms with Gasteiger partial charge in [-0.05, 0) is 74.4 Å². The Morgan fingerprint density at radius 2 is 1.95 bits per heavy atom. The van der Waals surface area contributed by atoms with Crippen LogP contribution in [0.5, 0.6) is 0 Å². The third-order valence-electron chi connectivity index (χ3n) is 5.83. The molecule has 1 fully saturated rings. The molecule has 1 aliphatic carbocycles. The van der Waals surface area contributed by atoms with Crippen LogP contribution in [0.15, 0.2) is 22.8 Å². The van der Waals surface area contributed by atoms with Crippen LogP contribution in [0, 0.1) is 12.3 Å². The van der Waals surface area contributed by atoms with E-state index in [1.807, 2.05) is 0 Å². The Kier molecular flexibility index (Phi) is 3.43. The molecule has 1 unspecified atom stereocenters. The molecule has 0 N–H and O–H groups in total. The molecular formula is C19H25BrN2. The van der Waals surface area contributed by atoms with Crippen molar-refractivity contribution < 1.29 is 0 Å². The van der Waals surface area contributed by atoms with Crippen LogP contribution >= 0.6 is 15.9 Å². The summed E-state index contributed by atoms with van der Waals surface area (Å²) < 4.78 is 3.61. The Hall–Kier alpha value is -0.800. The van der Waals surface area contributed by atoms with Crippen molar-refractivity contribution in [3.05, 3.63) is 39.6 Å². The van der Waals surface area contributed by atoms with Crippen molar-refractivity contribution in [1.82, 2.24) is 9.30 Å². The van der Waals surface area contributed by atoms with E-state index in [2.05, 4.69) is 64.3 Å². The summed E-state index contributed by atoms with van der Waals surface area (Å²) in [6, 6.07) is 5.02. The second-order valence-electron chi connectivity index (χ2n) is 7.72. The average Bonchev–Trinajstić information content (AvgIpc) is 3.07. The highest BCUT2D eigenvalue weighted by Crippen LogP contribution is 2.50.